The summed E-state index contributed by atoms with van der Waals surface area (Å²) in [5.41, 5.74) is 0.982. The second-order valence-electron chi connectivity index (χ2n) is 4.45. The molecule has 0 radical (unpaired) electrons. The highest BCUT2D eigenvalue weighted by Crippen LogP contribution is 2.12. The minimum atomic E-state index is 0. The van der Waals surface area contributed by atoms with Crippen molar-refractivity contribution >= 4 is 57.6 Å². The highest BCUT2D eigenvalue weighted by atomic mass is 127. The third-order valence-corrected chi connectivity index (χ3v) is 4.54. The number of imidazole rings is 1. The van der Waals surface area contributed by atoms with Crippen LogP contribution in [-0.2, 0) is 13.1 Å². The molecule has 3 rings (SSSR count). The Morgan fingerprint density at radius 2 is 2.23 bits per heavy atom. The molecule has 118 valence electrons. The van der Waals surface area contributed by atoms with Crippen molar-refractivity contribution in [2.75, 3.05) is 6.54 Å². The molecule has 0 fully saturated rings. The van der Waals surface area contributed by atoms with Gasteiger partial charge in [-0.2, -0.15) is 0 Å². The first-order valence-electron chi connectivity index (χ1n) is 6.81. The van der Waals surface area contributed by atoms with E-state index in [4.69, 9.17) is 0 Å². The molecule has 0 atom stereocenters. The predicted octanol–water partition coefficient (Wildman–Crippen LogP) is 3.33. The predicted molar refractivity (Wildman–Crippen MR) is 104 cm³/mol. The smallest absolute Gasteiger partial charge is 0.193 e. The van der Waals surface area contributed by atoms with Gasteiger partial charge in [-0.25, -0.2) is 9.98 Å². The lowest BCUT2D eigenvalue weighted by atomic mass is 10.4. The Morgan fingerprint density at radius 1 is 1.32 bits per heavy atom. The number of fused-ring (bicyclic) bond motifs is 1. The summed E-state index contributed by atoms with van der Waals surface area (Å²) in [6, 6.07) is 4.17. The van der Waals surface area contributed by atoms with Crippen LogP contribution in [0.1, 0.15) is 17.5 Å². The quantitative estimate of drug-likeness (QED) is 0.359. The van der Waals surface area contributed by atoms with Crippen LogP contribution in [0.3, 0.4) is 0 Å². The van der Waals surface area contributed by atoms with E-state index in [0.717, 1.165) is 29.7 Å². The van der Waals surface area contributed by atoms with Crippen molar-refractivity contribution in [3.8, 4) is 0 Å². The van der Waals surface area contributed by atoms with Crippen LogP contribution in [0.2, 0.25) is 0 Å². The van der Waals surface area contributed by atoms with Crippen LogP contribution in [0, 0.1) is 0 Å². The van der Waals surface area contributed by atoms with Crippen molar-refractivity contribution in [1.29, 1.82) is 0 Å². The minimum absolute atomic E-state index is 0. The number of halogens is 1. The molecule has 2 N–H and O–H groups in total. The summed E-state index contributed by atoms with van der Waals surface area (Å²) in [5.74, 6) is 0.822. The summed E-state index contributed by atoms with van der Waals surface area (Å²) < 4.78 is 2.03. The second kappa shape index (κ2) is 8.49. The van der Waals surface area contributed by atoms with Crippen LogP contribution in [0.4, 0.5) is 0 Å². The van der Waals surface area contributed by atoms with E-state index in [2.05, 4.69) is 45.0 Å². The van der Waals surface area contributed by atoms with Gasteiger partial charge in [-0.05, 0) is 18.4 Å². The molecular formula is C14H18IN5S2. The average molecular weight is 447 g/mol. The molecule has 5 nitrogen and oxygen atoms in total. The fraction of sp³-hybridized carbons (Fsp3) is 0.286. The second-order valence-corrected chi connectivity index (χ2v) is 6.36. The van der Waals surface area contributed by atoms with Gasteiger partial charge in [0.2, 0.25) is 0 Å². The molecule has 0 amide bonds. The molecule has 3 aromatic heterocycles. The standard InChI is InChI=1S/C14H17N5S2.HI/c1-2-15-13(17-9-12-4-3-6-20-12)16-8-11-10-19-5-7-21-14(19)18-11;/h3-7,10H,2,8-9H2,1H3,(H2,15,16,17);1H. The highest BCUT2D eigenvalue weighted by Gasteiger charge is 2.03. The molecule has 0 aliphatic heterocycles. The average Bonchev–Trinajstić information content (AvgIpc) is 3.18. The van der Waals surface area contributed by atoms with Gasteiger partial charge in [-0.3, -0.25) is 4.40 Å². The van der Waals surface area contributed by atoms with Gasteiger partial charge in [0.05, 0.1) is 18.8 Å². The van der Waals surface area contributed by atoms with Crippen molar-refractivity contribution in [3.05, 3.63) is 45.9 Å². The number of aromatic nitrogens is 2. The molecule has 8 heteroatoms. The number of thiazole rings is 1. The first-order valence-corrected chi connectivity index (χ1v) is 8.56. The molecule has 0 unspecified atom stereocenters. The van der Waals surface area contributed by atoms with Crippen LogP contribution < -0.4 is 10.6 Å². The molecule has 0 bridgehead atoms. The maximum Gasteiger partial charge on any atom is 0.193 e. The van der Waals surface area contributed by atoms with Gasteiger partial charge >= 0.3 is 0 Å². The number of nitrogens with one attached hydrogen (secondary N) is 2. The SMILES string of the molecule is CCNC(=NCc1cn2ccsc2n1)NCc1cccs1.I. The van der Waals surface area contributed by atoms with Crippen molar-refractivity contribution < 1.29 is 0 Å². The third-order valence-electron chi connectivity index (χ3n) is 2.90. The van der Waals surface area contributed by atoms with Gasteiger partial charge < -0.3 is 10.6 Å². The van der Waals surface area contributed by atoms with Crippen molar-refractivity contribution in [2.24, 2.45) is 4.99 Å². The topological polar surface area (TPSA) is 53.7 Å². The van der Waals surface area contributed by atoms with Gasteiger partial charge in [0, 0.05) is 29.2 Å². The molecular weight excluding hydrogens is 429 g/mol. The Morgan fingerprint density at radius 3 is 2.95 bits per heavy atom. The van der Waals surface area contributed by atoms with Gasteiger partial charge in [0.1, 0.15) is 0 Å². The number of thiophene rings is 1. The summed E-state index contributed by atoms with van der Waals surface area (Å²) in [6.45, 7) is 4.28. The number of rotatable bonds is 5. The minimum Gasteiger partial charge on any atom is -0.357 e. The zero-order valence-electron chi connectivity index (χ0n) is 12.2. The Balaban J connectivity index is 0.00000176. The summed E-state index contributed by atoms with van der Waals surface area (Å²) in [6.07, 6.45) is 4.04. The van der Waals surface area contributed by atoms with Crippen molar-refractivity contribution in [1.82, 2.24) is 20.0 Å². The molecule has 0 saturated carbocycles. The monoisotopic (exact) mass is 447 g/mol. The summed E-state index contributed by atoms with van der Waals surface area (Å²) >= 11 is 3.38. The maximum absolute atomic E-state index is 4.59. The fourth-order valence-electron chi connectivity index (χ4n) is 1.94. The van der Waals surface area contributed by atoms with E-state index in [1.54, 1.807) is 22.7 Å². The van der Waals surface area contributed by atoms with Crippen LogP contribution in [0.25, 0.3) is 4.96 Å². The van der Waals surface area contributed by atoms with Crippen molar-refractivity contribution in [3.63, 3.8) is 0 Å². The van der Waals surface area contributed by atoms with Crippen LogP contribution in [-0.4, -0.2) is 21.9 Å². The van der Waals surface area contributed by atoms with E-state index >= 15 is 0 Å². The molecule has 0 saturated heterocycles. The van der Waals surface area contributed by atoms with E-state index in [1.165, 1.54) is 4.88 Å². The Kier molecular flexibility index (Phi) is 6.65. The number of hydrogen-bond acceptors (Lipinski definition) is 4. The normalized spacial score (nSPS) is 11.4. The van der Waals surface area contributed by atoms with E-state index < -0.39 is 0 Å². The Bertz CT molecular complexity index is 688. The Labute approximate surface area is 154 Å². The number of aliphatic imine (C=N–C) groups is 1. The third kappa shape index (κ3) is 4.43. The lowest BCUT2D eigenvalue weighted by Crippen LogP contribution is -2.36. The van der Waals surface area contributed by atoms with Crippen molar-refractivity contribution in [2.45, 2.75) is 20.0 Å². The number of nitrogens with zero attached hydrogens (tertiary/aromatic N) is 3. The fourth-order valence-corrected chi connectivity index (χ4v) is 3.30. The van der Waals surface area contributed by atoms with E-state index in [1.807, 2.05) is 22.2 Å². The first kappa shape index (κ1) is 17.2. The van der Waals surface area contributed by atoms with E-state index in [0.29, 0.717) is 6.54 Å². The molecule has 0 spiro atoms. The Hall–Kier alpha value is -1.13. The lowest BCUT2D eigenvalue weighted by molar-refractivity contribution is 0.820. The van der Waals surface area contributed by atoms with Crippen LogP contribution in [0.5, 0.6) is 0 Å². The van der Waals surface area contributed by atoms with Gasteiger partial charge in [-0.15, -0.1) is 46.7 Å². The van der Waals surface area contributed by atoms with Gasteiger partial charge in [0.15, 0.2) is 10.9 Å². The van der Waals surface area contributed by atoms with Gasteiger partial charge in [-0.1, -0.05) is 6.07 Å². The summed E-state index contributed by atoms with van der Waals surface area (Å²) in [4.78, 5) is 11.4. The molecule has 3 heterocycles. The van der Waals surface area contributed by atoms with Crippen LogP contribution >= 0.6 is 46.7 Å². The molecule has 3 aromatic rings. The highest BCUT2D eigenvalue weighted by molar-refractivity contribution is 14.0. The number of hydrogen-bond donors (Lipinski definition) is 2. The van der Waals surface area contributed by atoms with E-state index in [-0.39, 0.29) is 24.0 Å². The summed E-state index contributed by atoms with van der Waals surface area (Å²) in [7, 11) is 0. The molecule has 0 aliphatic carbocycles. The molecule has 22 heavy (non-hydrogen) atoms. The van der Waals surface area contributed by atoms with Gasteiger partial charge in [0.25, 0.3) is 0 Å². The lowest BCUT2D eigenvalue weighted by Gasteiger charge is -2.09. The summed E-state index contributed by atoms with van der Waals surface area (Å²) in [5, 5.41) is 10.7. The molecule has 0 aromatic carbocycles. The maximum atomic E-state index is 4.59. The van der Waals surface area contributed by atoms with E-state index in [9.17, 15) is 0 Å². The zero-order chi connectivity index (χ0) is 14.5. The largest absolute Gasteiger partial charge is 0.357 e. The number of guanidine groups is 1. The first-order chi connectivity index (χ1) is 10.3. The zero-order valence-corrected chi connectivity index (χ0v) is 16.1. The van der Waals surface area contributed by atoms with Crippen LogP contribution in [0.15, 0.2) is 40.3 Å². The molecule has 0 aliphatic rings.